The third-order valence-electron chi connectivity index (χ3n) is 2.59. The van der Waals surface area contributed by atoms with Crippen molar-refractivity contribution in [3.8, 4) is 0 Å². The number of nitrogens with one attached hydrogen (secondary N) is 1. The van der Waals surface area contributed by atoms with Gasteiger partial charge in [-0.3, -0.25) is 0 Å². The molecular formula is C12H12F2N2O2S2. The van der Waals surface area contributed by atoms with Crippen molar-refractivity contribution in [2.45, 2.75) is 17.3 Å². The standard InChI is InChI=1S/C12H12F2N2O2S2/c13-10-1-2-11(14)9(4-10)6-16-20(17,18)12-3-8(5-15)7-19-12/h1-4,7,16H,5-6,15H2. The van der Waals surface area contributed by atoms with Crippen molar-refractivity contribution in [3.63, 3.8) is 0 Å². The summed E-state index contributed by atoms with van der Waals surface area (Å²) in [5, 5.41) is 1.64. The minimum atomic E-state index is -3.75. The molecule has 0 radical (unpaired) electrons. The van der Waals surface area contributed by atoms with Crippen LogP contribution >= 0.6 is 11.3 Å². The van der Waals surface area contributed by atoms with Gasteiger partial charge in [0.1, 0.15) is 15.8 Å². The number of hydrogen-bond acceptors (Lipinski definition) is 4. The van der Waals surface area contributed by atoms with E-state index in [-0.39, 0.29) is 22.9 Å². The van der Waals surface area contributed by atoms with E-state index in [0.29, 0.717) is 5.56 Å². The molecule has 2 aromatic rings. The van der Waals surface area contributed by atoms with E-state index in [4.69, 9.17) is 5.73 Å². The highest BCUT2D eigenvalue weighted by Crippen LogP contribution is 2.20. The molecule has 3 N–H and O–H groups in total. The highest BCUT2D eigenvalue weighted by Gasteiger charge is 2.17. The average molecular weight is 318 g/mol. The number of sulfonamides is 1. The Kier molecular flexibility index (Phi) is 4.48. The fourth-order valence-corrected chi connectivity index (χ4v) is 3.80. The molecule has 4 nitrogen and oxygen atoms in total. The monoisotopic (exact) mass is 318 g/mol. The zero-order valence-electron chi connectivity index (χ0n) is 10.3. The number of hydrogen-bond donors (Lipinski definition) is 2. The van der Waals surface area contributed by atoms with Gasteiger partial charge in [-0.05, 0) is 35.2 Å². The fraction of sp³-hybridized carbons (Fsp3) is 0.167. The number of thiophene rings is 1. The van der Waals surface area contributed by atoms with E-state index in [1.54, 1.807) is 5.38 Å². The van der Waals surface area contributed by atoms with E-state index in [1.807, 2.05) is 0 Å². The number of halogens is 2. The Morgan fingerprint density at radius 3 is 2.65 bits per heavy atom. The summed E-state index contributed by atoms with van der Waals surface area (Å²) in [6.45, 7) is -0.0771. The maximum atomic E-state index is 13.4. The third-order valence-corrected chi connectivity index (χ3v) is 5.48. The van der Waals surface area contributed by atoms with E-state index in [1.165, 1.54) is 6.07 Å². The van der Waals surface area contributed by atoms with Crippen LogP contribution < -0.4 is 10.5 Å². The fourth-order valence-electron chi connectivity index (χ4n) is 1.52. The zero-order valence-corrected chi connectivity index (χ0v) is 11.9. The molecule has 108 valence electrons. The van der Waals surface area contributed by atoms with Crippen LogP contribution in [0, 0.1) is 11.6 Å². The second-order valence-electron chi connectivity index (χ2n) is 4.04. The quantitative estimate of drug-likeness (QED) is 0.885. The van der Waals surface area contributed by atoms with E-state index in [2.05, 4.69) is 4.72 Å². The van der Waals surface area contributed by atoms with Crippen molar-refractivity contribution in [1.82, 2.24) is 4.72 Å². The SMILES string of the molecule is NCc1csc(S(=O)(=O)NCc2cc(F)ccc2F)c1. The Morgan fingerprint density at radius 2 is 2.00 bits per heavy atom. The molecule has 1 heterocycles. The summed E-state index contributed by atoms with van der Waals surface area (Å²) in [5.41, 5.74) is 6.06. The van der Waals surface area contributed by atoms with E-state index in [9.17, 15) is 17.2 Å². The normalized spacial score (nSPS) is 11.8. The molecule has 2 rings (SSSR count). The van der Waals surface area contributed by atoms with Gasteiger partial charge in [-0.25, -0.2) is 21.9 Å². The molecule has 0 atom stereocenters. The van der Waals surface area contributed by atoms with Crippen molar-refractivity contribution in [3.05, 3.63) is 52.4 Å². The van der Waals surface area contributed by atoms with Crippen LogP contribution in [0.3, 0.4) is 0 Å². The van der Waals surface area contributed by atoms with Crippen LogP contribution in [0.25, 0.3) is 0 Å². The Bertz CT molecular complexity index is 714. The van der Waals surface area contributed by atoms with Crippen molar-refractivity contribution >= 4 is 21.4 Å². The lowest BCUT2D eigenvalue weighted by molar-refractivity contribution is 0.568. The Morgan fingerprint density at radius 1 is 1.25 bits per heavy atom. The third kappa shape index (κ3) is 3.40. The van der Waals surface area contributed by atoms with E-state index >= 15 is 0 Å². The Balaban J connectivity index is 2.15. The van der Waals surface area contributed by atoms with Gasteiger partial charge in [0.25, 0.3) is 0 Å². The van der Waals surface area contributed by atoms with Gasteiger partial charge in [-0.1, -0.05) is 0 Å². The summed E-state index contributed by atoms with van der Waals surface area (Å²) < 4.78 is 52.6. The van der Waals surface area contributed by atoms with Crippen LogP contribution in [0.4, 0.5) is 8.78 Å². The van der Waals surface area contributed by atoms with Crippen LogP contribution in [0.15, 0.2) is 33.9 Å². The van der Waals surface area contributed by atoms with Crippen molar-refractivity contribution < 1.29 is 17.2 Å². The lowest BCUT2D eigenvalue weighted by atomic mass is 10.2. The van der Waals surface area contributed by atoms with E-state index < -0.39 is 21.7 Å². The number of nitrogens with two attached hydrogens (primary N) is 1. The van der Waals surface area contributed by atoms with Gasteiger partial charge in [0.05, 0.1) is 0 Å². The first-order valence-electron chi connectivity index (χ1n) is 5.63. The van der Waals surface area contributed by atoms with Crippen LogP contribution in [-0.4, -0.2) is 8.42 Å². The van der Waals surface area contributed by atoms with Gasteiger partial charge in [-0.15, -0.1) is 11.3 Å². The lowest BCUT2D eigenvalue weighted by Gasteiger charge is -2.06. The molecule has 0 saturated carbocycles. The first kappa shape index (κ1) is 15.0. The van der Waals surface area contributed by atoms with Gasteiger partial charge in [0.2, 0.25) is 10.0 Å². The van der Waals surface area contributed by atoms with Gasteiger partial charge in [0, 0.05) is 18.7 Å². The van der Waals surface area contributed by atoms with Crippen LogP contribution in [0.2, 0.25) is 0 Å². The summed E-state index contributed by atoms with van der Waals surface area (Å²) in [7, 11) is -3.75. The zero-order chi connectivity index (χ0) is 14.8. The highest BCUT2D eigenvalue weighted by molar-refractivity contribution is 7.91. The lowest BCUT2D eigenvalue weighted by Crippen LogP contribution is -2.23. The predicted molar refractivity (Wildman–Crippen MR) is 72.6 cm³/mol. The molecule has 0 unspecified atom stereocenters. The maximum absolute atomic E-state index is 13.4. The van der Waals surface area contributed by atoms with Gasteiger partial charge < -0.3 is 5.73 Å². The molecule has 20 heavy (non-hydrogen) atoms. The largest absolute Gasteiger partial charge is 0.326 e. The van der Waals surface area contributed by atoms with E-state index in [0.717, 1.165) is 29.5 Å². The average Bonchev–Trinajstić information content (AvgIpc) is 2.89. The molecule has 0 fully saturated rings. The Hall–Kier alpha value is -1.35. The second kappa shape index (κ2) is 5.96. The maximum Gasteiger partial charge on any atom is 0.250 e. The molecule has 0 spiro atoms. The first-order valence-corrected chi connectivity index (χ1v) is 8.00. The smallest absolute Gasteiger partial charge is 0.250 e. The molecule has 0 aliphatic rings. The van der Waals surface area contributed by atoms with Gasteiger partial charge in [0.15, 0.2) is 0 Å². The molecule has 0 saturated heterocycles. The minimum Gasteiger partial charge on any atom is -0.326 e. The van der Waals surface area contributed by atoms with Crippen molar-refractivity contribution in [2.24, 2.45) is 5.73 Å². The summed E-state index contributed by atoms with van der Waals surface area (Å²) >= 11 is 1.03. The van der Waals surface area contributed by atoms with Crippen molar-refractivity contribution in [1.29, 1.82) is 0 Å². The number of benzene rings is 1. The summed E-state index contributed by atoms with van der Waals surface area (Å²) in [4.78, 5) is 0. The summed E-state index contributed by atoms with van der Waals surface area (Å²) in [6.07, 6.45) is 0. The van der Waals surface area contributed by atoms with Crippen LogP contribution in [-0.2, 0) is 23.1 Å². The van der Waals surface area contributed by atoms with Crippen LogP contribution in [0.5, 0.6) is 0 Å². The first-order chi connectivity index (χ1) is 9.42. The molecule has 8 heteroatoms. The molecule has 0 aliphatic carbocycles. The summed E-state index contributed by atoms with van der Waals surface area (Å²) in [6, 6.07) is 4.34. The van der Waals surface area contributed by atoms with Gasteiger partial charge >= 0.3 is 0 Å². The summed E-state index contributed by atoms with van der Waals surface area (Å²) in [5.74, 6) is -1.29. The number of rotatable bonds is 5. The molecule has 0 aliphatic heterocycles. The topological polar surface area (TPSA) is 72.2 Å². The van der Waals surface area contributed by atoms with Gasteiger partial charge in [-0.2, -0.15) is 0 Å². The molecular weight excluding hydrogens is 306 g/mol. The van der Waals surface area contributed by atoms with Crippen LogP contribution in [0.1, 0.15) is 11.1 Å². The Labute approximate surface area is 119 Å². The molecule has 0 bridgehead atoms. The molecule has 1 aromatic carbocycles. The minimum absolute atomic E-state index is 0.0517. The predicted octanol–water partition coefficient (Wildman–Crippen LogP) is 1.96. The molecule has 1 aromatic heterocycles. The van der Waals surface area contributed by atoms with Crippen molar-refractivity contribution in [2.75, 3.05) is 0 Å². The second-order valence-corrected chi connectivity index (χ2v) is 6.94. The molecule has 0 amide bonds. The highest BCUT2D eigenvalue weighted by atomic mass is 32.2.